The molecule has 0 saturated heterocycles. The van der Waals surface area contributed by atoms with Crippen LogP contribution < -0.4 is 11.1 Å². The molecule has 0 spiro atoms. The van der Waals surface area contributed by atoms with Crippen molar-refractivity contribution < 1.29 is 4.79 Å². The second-order valence-electron chi connectivity index (χ2n) is 4.99. The van der Waals surface area contributed by atoms with Crippen LogP contribution >= 0.6 is 0 Å². The molecule has 100 valence electrons. The van der Waals surface area contributed by atoms with Crippen LogP contribution in [0.15, 0.2) is 0 Å². The monoisotopic (exact) mass is 241 g/mol. The number of likely N-dealkylation sites (N-methyl/N-ethyl adjacent to an activating group) is 1. The summed E-state index contributed by atoms with van der Waals surface area (Å²) in [4.78, 5) is 14.1. The molecule has 1 rings (SSSR count). The highest BCUT2D eigenvalue weighted by atomic mass is 16.1. The molecule has 0 aliphatic heterocycles. The van der Waals surface area contributed by atoms with E-state index in [2.05, 4.69) is 24.1 Å². The van der Waals surface area contributed by atoms with E-state index in [4.69, 9.17) is 5.73 Å². The molecule has 1 amide bonds. The summed E-state index contributed by atoms with van der Waals surface area (Å²) < 4.78 is 0. The van der Waals surface area contributed by atoms with E-state index in [1.807, 2.05) is 7.05 Å². The lowest BCUT2D eigenvalue weighted by atomic mass is 9.84. The summed E-state index contributed by atoms with van der Waals surface area (Å²) in [7, 11) is 1.86. The Morgan fingerprint density at radius 3 is 2.59 bits per heavy atom. The SMILES string of the molecule is CCN(CC)CCC1CCCC1(NC)C(N)=O. The first-order valence-electron chi connectivity index (χ1n) is 6.81. The number of carbonyl (C=O) groups excluding carboxylic acids is 1. The van der Waals surface area contributed by atoms with Gasteiger partial charge >= 0.3 is 0 Å². The largest absolute Gasteiger partial charge is 0.368 e. The van der Waals surface area contributed by atoms with E-state index in [9.17, 15) is 4.79 Å². The topological polar surface area (TPSA) is 58.4 Å². The molecule has 1 fully saturated rings. The molecule has 4 nitrogen and oxygen atoms in total. The maximum atomic E-state index is 11.7. The first kappa shape index (κ1) is 14.5. The van der Waals surface area contributed by atoms with E-state index in [0.29, 0.717) is 5.92 Å². The zero-order chi connectivity index (χ0) is 12.9. The van der Waals surface area contributed by atoms with Crippen molar-refractivity contribution in [2.24, 2.45) is 11.7 Å². The molecule has 2 unspecified atom stereocenters. The molecule has 0 aromatic carbocycles. The number of hydrogen-bond acceptors (Lipinski definition) is 3. The Balaban J connectivity index is 2.60. The molecule has 0 aromatic rings. The Morgan fingerprint density at radius 1 is 1.47 bits per heavy atom. The number of primary amides is 1. The minimum atomic E-state index is -0.451. The number of amides is 1. The Morgan fingerprint density at radius 2 is 2.12 bits per heavy atom. The van der Waals surface area contributed by atoms with E-state index in [0.717, 1.165) is 45.3 Å². The van der Waals surface area contributed by atoms with Gasteiger partial charge in [0.15, 0.2) is 0 Å². The molecule has 4 heteroatoms. The number of nitrogens with one attached hydrogen (secondary N) is 1. The summed E-state index contributed by atoms with van der Waals surface area (Å²) in [5.41, 5.74) is 5.14. The van der Waals surface area contributed by atoms with Crippen molar-refractivity contribution in [3.05, 3.63) is 0 Å². The van der Waals surface area contributed by atoms with Gasteiger partial charge in [-0.15, -0.1) is 0 Å². The lowest BCUT2D eigenvalue weighted by Crippen LogP contribution is -2.56. The molecule has 0 aromatic heterocycles. The van der Waals surface area contributed by atoms with E-state index in [-0.39, 0.29) is 5.91 Å². The summed E-state index contributed by atoms with van der Waals surface area (Å²) in [6.07, 6.45) is 4.17. The molecular weight excluding hydrogens is 214 g/mol. The van der Waals surface area contributed by atoms with Crippen LogP contribution in [-0.4, -0.2) is 43.0 Å². The quantitative estimate of drug-likeness (QED) is 0.698. The van der Waals surface area contributed by atoms with E-state index < -0.39 is 5.54 Å². The molecule has 0 radical (unpaired) electrons. The van der Waals surface area contributed by atoms with Crippen molar-refractivity contribution in [3.8, 4) is 0 Å². The normalized spacial score (nSPS) is 28.8. The first-order valence-corrected chi connectivity index (χ1v) is 6.81. The highest BCUT2D eigenvalue weighted by Crippen LogP contribution is 2.37. The molecule has 3 N–H and O–H groups in total. The molecular formula is C13H27N3O. The summed E-state index contributed by atoms with van der Waals surface area (Å²) >= 11 is 0. The van der Waals surface area contributed by atoms with Crippen molar-refractivity contribution in [1.29, 1.82) is 0 Å². The molecule has 1 aliphatic rings. The third-order valence-electron chi connectivity index (χ3n) is 4.39. The highest BCUT2D eigenvalue weighted by Gasteiger charge is 2.46. The fourth-order valence-corrected chi connectivity index (χ4v) is 3.12. The smallest absolute Gasteiger partial charge is 0.238 e. The van der Waals surface area contributed by atoms with Gasteiger partial charge in [-0.25, -0.2) is 0 Å². The lowest BCUT2D eigenvalue weighted by Gasteiger charge is -2.33. The van der Waals surface area contributed by atoms with Crippen molar-refractivity contribution in [3.63, 3.8) is 0 Å². The molecule has 1 saturated carbocycles. The van der Waals surface area contributed by atoms with Gasteiger partial charge in [0.05, 0.1) is 0 Å². The predicted molar refractivity (Wildman–Crippen MR) is 70.7 cm³/mol. The van der Waals surface area contributed by atoms with Gasteiger partial charge in [0, 0.05) is 0 Å². The molecule has 1 aliphatic carbocycles. The minimum Gasteiger partial charge on any atom is -0.368 e. The Hall–Kier alpha value is -0.610. The third kappa shape index (κ3) is 2.99. The van der Waals surface area contributed by atoms with Gasteiger partial charge < -0.3 is 16.0 Å². The number of carbonyl (C=O) groups is 1. The van der Waals surface area contributed by atoms with Crippen LogP contribution in [0.2, 0.25) is 0 Å². The van der Waals surface area contributed by atoms with Crippen LogP contribution in [0.25, 0.3) is 0 Å². The first-order chi connectivity index (χ1) is 8.10. The number of hydrogen-bond donors (Lipinski definition) is 2. The van der Waals surface area contributed by atoms with Gasteiger partial charge in [-0.05, 0) is 51.9 Å². The molecule has 17 heavy (non-hydrogen) atoms. The molecule has 2 atom stereocenters. The summed E-state index contributed by atoms with van der Waals surface area (Å²) in [6, 6.07) is 0. The van der Waals surface area contributed by atoms with Gasteiger partial charge in [-0.2, -0.15) is 0 Å². The van der Waals surface area contributed by atoms with Gasteiger partial charge in [0.1, 0.15) is 5.54 Å². The van der Waals surface area contributed by atoms with Crippen LogP contribution in [0.5, 0.6) is 0 Å². The summed E-state index contributed by atoms with van der Waals surface area (Å²) in [5, 5.41) is 3.19. The zero-order valence-corrected chi connectivity index (χ0v) is 11.5. The molecule has 0 bridgehead atoms. The summed E-state index contributed by atoms with van der Waals surface area (Å²) in [6.45, 7) is 7.57. The van der Waals surface area contributed by atoms with E-state index >= 15 is 0 Å². The standard InChI is InChI=1S/C13H27N3O/c1-4-16(5-2)10-8-11-7-6-9-13(11,15-3)12(14)17/h11,15H,4-10H2,1-3H3,(H2,14,17). The van der Waals surface area contributed by atoms with Crippen LogP contribution in [0, 0.1) is 5.92 Å². The Bertz CT molecular complexity index is 253. The number of nitrogens with zero attached hydrogens (tertiary/aromatic N) is 1. The fraction of sp³-hybridized carbons (Fsp3) is 0.923. The Labute approximate surface area is 105 Å². The van der Waals surface area contributed by atoms with Gasteiger partial charge in [0.2, 0.25) is 5.91 Å². The second-order valence-corrected chi connectivity index (χ2v) is 4.99. The van der Waals surface area contributed by atoms with Crippen LogP contribution in [0.4, 0.5) is 0 Å². The fourth-order valence-electron chi connectivity index (χ4n) is 3.12. The predicted octanol–water partition coefficient (Wildman–Crippen LogP) is 0.962. The van der Waals surface area contributed by atoms with Gasteiger partial charge in [0.25, 0.3) is 0 Å². The average Bonchev–Trinajstić information content (AvgIpc) is 2.74. The van der Waals surface area contributed by atoms with Gasteiger partial charge in [-0.3, -0.25) is 4.79 Å². The van der Waals surface area contributed by atoms with Crippen molar-refractivity contribution in [2.75, 3.05) is 26.7 Å². The lowest BCUT2D eigenvalue weighted by molar-refractivity contribution is -0.125. The highest BCUT2D eigenvalue weighted by molar-refractivity contribution is 5.85. The van der Waals surface area contributed by atoms with Crippen LogP contribution in [0.3, 0.4) is 0 Å². The second kappa shape index (κ2) is 6.36. The van der Waals surface area contributed by atoms with E-state index in [1.54, 1.807) is 0 Å². The van der Waals surface area contributed by atoms with Crippen LogP contribution in [-0.2, 0) is 4.79 Å². The Kier molecular flexibility index (Phi) is 5.40. The van der Waals surface area contributed by atoms with E-state index in [1.165, 1.54) is 0 Å². The maximum absolute atomic E-state index is 11.7. The van der Waals surface area contributed by atoms with Crippen LogP contribution in [0.1, 0.15) is 39.5 Å². The van der Waals surface area contributed by atoms with Gasteiger partial charge in [-0.1, -0.05) is 20.3 Å². The van der Waals surface area contributed by atoms with Crippen molar-refractivity contribution in [2.45, 2.75) is 45.1 Å². The van der Waals surface area contributed by atoms with Crippen molar-refractivity contribution in [1.82, 2.24) is 10.2 Å². The molecule has 0 heterocycles. The zero-order valence-electron chi connectivity index (χ0n) is 11.5. The minimum absolute atomic E-state index is 0.179. The van der Waals surface area contributed by atoms with Crippen molar-refractivity contribution >= 4 is 5.91 Å². The maximum Gasteiger partial charge on any atom is 0.238 e. The third-order valence-corrected chi connectivity index (χ3v) is 4.39. The summed E-state index contributed by atoms with van der Waals surface area (Å²) in [5.74, 6) is 0.215. The number of rotatable bonds is 7. The average molecular weight is 241 g/mol. The number of nitrogens with two attached hydrogens (primary N) is 1.